The standard InChI is InChI=1S/C22H20N4OS2/c1-26(14-21-25-18-9-2-3-10-19(18)29-21)22(27)24-17-8-6-7-16(13-17)15-28-20-11-4-5-12-23-20/h2-13H,14-15H2,1H3,(H,24,27). The van der Waals surface area contributed by atoms with E-state index in [4.69, 9.17) is 0 Å². The number of aromatic nitrogens is 2. The second kappa shape index (κ2) is 9.07. The van der Waals surface area contributed by atoms with Crippen molar-refractivity contribution in [3.63, 3.8) is 0 Å². The molecule has 0 aliphatic carbocycles. The fraction of sp³-hybridized carbons (Fsp3) is 0.136. The monoisotopic (exact) mass is 420 g/mol. The molecule has 1 N–H and O–H groups in total. The van der Waals surface area contributed by atoms with Crippen LogP contribution in [0.3, 0.4) is 0 Å². The van der Waals surface area contributed by atoms with E-state index in [-0.39, 0.29) is 6.03 Å². The van der Waals surface area contributed by atoms with Crippen molar-refractivity contribution in [2.75, 3.05) is 12.4 Å². The van der Waals surface area contributed by atoms with Crippen LogP contribution in [0.25, 0.3) is 10.2 Å². The molecule has 2 aromatic heterocycles. The van der Waals surface area contributed by atoms with Crippen LogP contribution in [0.2, 0.25) is 0 Å². The molecular formula is C22H20N4OS2. The molecule has 146 valence electrons. The first kappa shape index (κ1) is 19.4. The van der Waals surface area contributed by atoms with Gasteiger partial charge in [0, 0.05) is 24.7 Å². The van der Waals surface area contributed by atoms with Crippen LogP contribution >= 0.6 is 23.1 Å². The van der Waals surface area contributed by atoms with Gasteiger partial charge in [0.15, 0.2) is 0 Å². The Bertz CT molecular complexity index is 1080. The fourth-order valence-electron chi connectivity index (χ4n) is 2.81. The van der Waals surface area contributed by atoms with E-state index >= 15 is 0 Å². The van der Waals surface area contributed by atoms with E-state index in [1.54, 1.807) is 41.2 Å². The number of anilines is 1. The van der Waals surface area contributed by atoms with Gasteiger partial charge in [-0.3, -0.25) is 0 Å². The maximum Gasteiger partial charge on any atom is 0.321 e. The van der Waals surface area contributed by atoms with E-state index in [9.17, 15) is 4.79 Å². The number of carbonyl (C=O) groups excluding carboxylic acids is 1. The number of nitrogens with zero attached hydrogens (tertiary/aromatic N) is 3. The van der Waals surface area contributed by atoms with Gasteiger partial charge in [-0.15, -0.1) is 23.1 Å². The minimum atomic E-state index is -0.154. The highest BCUT2D eigenvalue weighted by atomic mass is 32.2. The Balaban J connectivity index is 1.36. The molecule has 2 aromatic carbocycles. The number of amides is 2. The molecule has 0 aliphatic rings. The summed E-state index contributed by atoms with van der Waals surface area (Å²) < 4.78 is 1.13. The van der Waals surface area contributed by atoms with Gasteiger partial charge in [0.05, 0.1) is 21.8 Å². The molecule has 0 atom stereocenters. The molecule has 5 nitrogen and oxygen atoms in total. The highest BCUT2D eigenvalue weighted by molar-refractivity contribution is 7.98. The van der Waals surface area contributed by atoms with Crippen molar-refractivity contribution in [3.05, 3.63) is 83.5 Å². The third-order valence-electron chi connectivity index (χ3n) is 4.26. The number of pyridine rings is 1. The fourth-order valence-corrected chi connectivity index (χ4v) is 4.63. The predicted molar refractivity (Wildman–Crippen MR) is 120 cm³/mol. The molecule has 0 saturated carbocycles. The van der Waals surface area contributed by atoms with Crippen molar-refractivity contribution in [3.8, 4) is 0 Å². The van der Waals surface area contributed by atoms with E-state index in [0.717, 1.165) is 37.3 Å². The molecule has 4 aromatic rings. The lowest BCUT2D eigenvalue weighted by atomic mass is 10.2. The second-order valence-electron chi connectivity index (χ2n) is 6.52. The first-order valence-corrected chi connectivity index (χ1v) is 11.0. The summed E-state index contributed by atoms with van der Waals surface area (Å²) in [6.45, 7) is 0.473. The number of nitrogens with one attached hydrogen (secondary N) is 1. The zero-order valence-electron chi connectivity index (χ0n) is 15.9. The summed E-state index contributed by atoms with van der Waals surface area (Å²) >= 11 is 3.28. The molecule has 7 heteroatoms. The van der Waals surface area contributed by atoms with Crippen molar-refractivity contribution in [1.29, 1.82) is 0 Å². The first-order valence-electron chi connectivity index (χ1n) is 9.17. The Labute approximate surface area is 177 Å². The minimum absolute atomic E-state index is 0.154. The molecule has 0 fully saturated rings. The quantitative estimate of drug-likeness (QED) is 0.410. The number of benzene rings is 2. The number of para-hydroxylation sites is 1. The highest BCUT2D eigenvalue weighted by Crippen LogP contribution is 2.24. The first-order chi connectivity index (χ1) is 14.2. The van der Waals surface area contributed by atoms with Crippen LogP contribution in [0.1, 0.15) is 10.6 Å². The lowest BCUT2D eigenvalue weighted by Gasteiger charge is -2.17. The number of urea groups is 1. The topological polar surface area (TPSA) is 58.1 Å². The largest absolute Gasteiger partial charge is 0.321 e. The Kier molecular flexibility index (Phi) is 6.07. The van der Waals surface area contributed by atoms with E-state index in [1.165, 1.54) is 0 Å². The average Bonchev–Trinajstić information content (AvgIpc) is 3.15. The van der Waals surface area contributed by atoms with E-state index in [1.807, 2.05) is 60.7 Å². The number of thioether (sulfide) groups is 1. The van der Waals surface area contributed by atoms with Gasteiger partial charge in [0.2, 0.25) is 0 Å². The Morgan fingerprint density at radius 2 is 1.97 bits per heavy atom. The van der Waals surface area contributed by atoms with Crippen molar-refractivity contribution in [2.24, 2.45) is 0 Å². The summed E-state index contributed by atoms with van der Waals surface area (Å²) in [5.74, 6) is 0.794. The molecule has 2 heterocycles. The van der Waals surface area contributed by atoms with E-state index < -0.39 is 0 Å². The van der Waals surface area contributed by atoms with Gasteiger partial charge in [-0.2, -0.15) is 0 Å². The zero-order valence-corrected chi connectivity index (χ0v) is 17.5. The zero-order chi connectivity index (χ0) is 20.1. The van der Waals surface area contributed by atoms with Gasteiger partial charge < -0.3 is 10.2 Å². The van der Waals surface area contributed by atoms with Crippen molar-refractivity contribution < 1.29 is 4.79 Å². The summed E-state index contributed by atoms with van der Waals surface area (Å²) in [4.78, 5) is 23.2. The molecule has 0 saturated heterocycles. The number of carbonyl (C=O) groups is 1. The van der Waals surface area contributed by atoms with Crippen LogP contribution in [0, 0.1) is 0 Å². The lowest BCUT2D eigenvalue weighted by molar-refractivity contribution is 0.220. The van der Waals surface area contributed by atoms with Gasteiger partial charge in [0.1, 0.15) is 5.01 Å². The molecule has 2 amide bonds. The Hall–Kier alpha value is -2.90. The summed E-state index contributed by atoms with van der Waals surface area (Å²) in [5.41, 5.74) is 2.89. The minimum Gasteiger partial charge on any atom is -0.321 e. The Morgan fingerprint density at radius 3 is 2.79 bits per heavy atom. The normalized spacial score (nSPS) is 10.8. The summed E-state index contributed by atoms with van der Waals surface area (Å²) in [6, 6.07) is 21.6. The van der Waals surface area contributed by atoms with Crippen LogP contribution < -0.4 is 5.32 Å². The Morgan fingerprint density at radius 1 is 1.10 bits per heavy atom. The summed E-state index contributed by atoms with van der Waals surface area (Å²) in [7, 11) is 1.78. The van der Waals surface area contributed by atoms with Crippen molar-refractivity contribution >= 4 is 45.0 Å². The van der Waals surface area contributed by atoms with Gasteiger partial charge in [-0.25, -0.2) is 14.8 Å². The van der Waals surface area contributed by atoms with Gasteiger partial charge >= 0.3 is 6.03 Å². The van der Waals surface area contributed by atoms with Crippen molar-refractivity contribution in [2.45, 2.75) is 17.3 Å². The number of rotatable bonds is 6. The number of hydrogen-bond donors (Lipinski definition) is 1. The van der Waals surface area contributed by atoms with Crippen LogP contribution in [0.4, 0.5) is 10.5 Å². The average molecular weight is 421 g/mol. The van der Waals surface area contributed by atoms with Crippen LogP contribution in [-0.4, -0.2) is 27.9 Å². The maximum absolute atomic E-state index is 12.6. The van der Waals surface area contributed by atoms with E-state index in [0.29, 0.717) is 6.54 Å². The molecule has 0 unspecified atom stereocenters. The van der Waals surface area contributed by atoms with Crippen LogP contribution in [0.5, 0.6) is 0 Å². The van der Waals surface area contributed by atoms with Crippen LogP contribution in [0.15, 0.2) is 78.0 Å². The van der Waals surface area contributed by atoms with Crippen molar-refractivity contribution in [1.82, 2.24) is 14.9 Å². The number of hydrogen-bond acceptors (Lipinski definition) is 5. The van der Waals surface area contributed by atoms with Gasteiger partial charge in [-0.1, -0.05) is 30.3 Å². The van der Waals surface area contributed by atoms with E-state index in [2.05, 4.69) is 21.4 Å². The lowest BCUT2D eigenvalue weighted by Crippen LogP contribution is -2.30. The highest BCUT2D eigenvalue weighted by Gasteiger charge is 2.12. The number of fused-ring (bicyclic) bond motifs is 1. The molecule has 4 rings (SSSR count). The predicted octanol–water partition coefficient (Wildman–Crippen LogP) is 5.65. The molecule has 29 heavy (non-hydrogen) atoms. The molecule has 0 spiro atoms. The molecular weight excluding hydrogens is 400 g/mol. The van der Waals surface area contributed by atoms with Crippen LogP contribution in [-0.2, 0) is 12.3 Å². The number of thiazole rings is 1. The maximum atomic E-state index is 12.6. The third kappa shape index (κ3) is 5.13. The second-order valence-corrected chi connectivity index (χ2v) is 8.63. The molecule has 0 radical (unpaired) electrons. The molecule has 0 bridgehead atoms. The SMILES string of the molecule is CN(Cc1nc2ccccc2s1)C(=O)Nc1cccc(CSc2ccccn2)c1. The van der Waals surface area contributed by atoms with Gasteiger partial charge in [-0.05, 0) is 42.0 Å². The summed E-state index contributed by atoms with van der Waals surface area (Å²) in [5, 5.41) is 4.88. The molecule has 0 aliphatic heterocycles. The summed E-state index contributed by atoms with van der Waals surface area (Å²) in [6.07, 6.45) is 1.79. The van der Waals surface area contributed by atoms with Gasteiger partial charge in [0.25, 0.3) is 0 Å². The smallest absolute Gasteiger partial charge is 0.321 e. The third-order valence-corrected chi connectivity index (χ3v) is 6.30.